The van der Waals surface area contributed by atoms with Gasteiger partial charge in [-0.15, -0.1) is 23.1 Å². The molecule has 1 unspecified atom stereocenters. The second-order valence-electron chi connectivity index (χ2n) is 3.83. The number of aliphatic hydroxyl groups excluding tert-OH is 1. The van der Waals surface area contributed by atoms with Crippen LogP contribution in [0.25, 0.3) is 0 Å². The fraction of sp³-hybridized carbons (Fsp3) is 0.308. The van der Waals surface area contributed by atoms with Crippen molar-refractivity contribution in [3.63, 3.8) is 0 Å². The highest BCUT2D eigenvalue weighted by atomic mass is 32.2. The van der Waals surface area contributed by atoms with Gasteiger partial charge in [0.2, 0.25) is 0 Å². The van der Waals surface area contributed by atoms with Crippen molar-refractivity contribution >= 4 is 23.1 Å². The van der Waals surface area contributed by atoms with E-state index in [-0.39, 0.29) is 0 Å². The van der Waals surface area contributed by atoms with Crippen molar-refractivity contribution in [3.8, 4) is 0 Å². The molecule has 4 heteroatoms. The number of hydrogen-bond acceptors (Lipinski definition) is 4. The number of benzene rings is 1. The molecule has 0 radical (unpaired) electrons. The quantitative estimate of drug-likeness (QED) is 0.854. The molecule has 90 valence electrons. The van der Waals surface area contributed by atoms with Crippen LogP contribution in [0.3, 0.4) is 0 Å². The molecule has 0 aliphatic carbocycles. The minimum atomic E-state index is -0.414. The second-order valence-corrected chi connectivity index (χ2v) is 6.00. The summed E-state index contributed by atoms with van der Waals surface area (Å²) in [6.07, 6.45) is -0.414. The highest BCUT2D eigenvalue weighted by Crippen LogP contribution is 2.29. The van der Waals surface area contributed by atoms with Crippen LogP contribution in [0.5, 0.6) is 0 Å². The van der Waals surface area contributed by atoms with Crippen molar-refractivity contribution in [2.75, 3.05) is 0 Å². The van der Waals surface area contributed by atoms with Gasteiger partial charge in [0.05, 0.1) is 22.4 Å². The van der Waals surface area contributed by atoms with E-state index in [2.05, 4.69) is 17.1 Å². The first-order valence-electron chi connectivity index (χ1n) is 5.49. The molecular formula is C13H15NOS2. The molecule has 1 aromatic heterocycles. The van der Waals surface area contributed by atoms with Gasteiger partial charge in [-0.1, -0.05) is 18.2 Å². The average Bonchev–Trinajstić information content (AvgIpc) is 2.69. The third-order valence-corrected chi connectivity index (χ3v) is 4.90. The summed E-state index contributed by atoms with van der Waals surface area (Å²) >= 11 is 3.38. The van der Waals surface area contributed by atoms with Gasteiger partial charge in [-0.3, -0.25) is 0 Å². The first-order chi connectivity index (χ1) is 8.16. The molecule has 2 rings (SSSR count). The molecule has 0 saturated heterocycles. The molecule has 0 bridgehead atoms. The lowest BCUT2D eigenvalue weighted by molar-refractivity contribution is 0.202. The van der Waals surface area contributed by atoms with Gasteiger partial charge in [-0.25, -0.2) is 4.98 Å². The highest BCUT2D eigenvalue weighted by molar-refractivity contribution is 7.98. The number of aromatic nitrogens is 1. The Kier molecular flexibility index (Phi) is 4.20. The third-order valence-electron chi connectivity index (χ3n) is 2.36. The van der Waals surface area contributed by atoms with E-state index in [0.29, 0.717) is 0 Å². The van der Waals surface area contributed by atoms with Crippen LogP contribution in [0, 0.1) is 6.92 Å². The third kappa shape index (κ3) is 3.31. The van der Waals surface area contributed by atoms with Crippen LogP contribution < -0.4 is 0 Å². The molecule has 0 fully saturated rings. The summed E-state index contributed by atoms with van der Waals surface area (Å²) in [6, 6.07) is 10.3. The lowest BCUT2D eigenvalue weighted by Gasteiger charge is -1.99. The van der Waals surface area contributed by atoms with Gasteiger partial charge in [0.1, 0.15) is 5.01 Å². The first kappa shape index (κ1) is 12.6. The summed E-state index contributed by atoms with van der Waals surface area (Å²) in [5, 5.41) is 10.6. The SMILES string of the molecule is Cc1nc(CSc2ccccc2)sc1C(C)O. The maximum absolute atomic E-state index is 9.57. The molecule has 2 nitrogen and oxygen atoms in total. The van der Waals surface area contributed by atoms with E-state index >= 15 is 0 Å². The molecule has 0 spiro atoms. The minimum absolute atomic E-state index is 0.414. The molecule has 0 aliphatic heterocycles. The van der Waals surface area contributed by atoms with Crippen LogP contribution in [0.4, 0.5) is 0 Å². The second kappa shape index (κ2) is 5.67. The van der Waals surface area contributed by atoms with Gasteiger partial charge in [-0.05, 0) is 26.0 Å². The summed E-state index contributed by atoms with van der Waals surface area (Å²) in [6.45, 7) is 3.74. The molecule has 17 heavy (non-hydrogen) atoms. The summed E-state index contributed by atoms with van der Waals surface area (Å²) in [7, 11) is 0. The Morgan fingerprint density at radius 1 is 1.35 bits per heavy atom. The Labute approximate surface area is 110 Å². The minimum Gasteiger partial charge on any atom is -0.388 e. The number of thiazole rings is 1. The summed E-state index contributed by atoms with van der Waals surface area (Å²) in [4.78, 5) is 6.71. The molecule has 1 aromatic carbocycles. The Hall–Kier alpha value is -0.840. The largest absolute Gasteiger partial charge is 0.388 e. The number of nitrogens with zero attached hydrogens (tertiary/aromatic N) is 1. The number of hydrogen-bond donors (Lipinski definition) is 1. The van der Waals surface area contributed by atoms with Crippen LogP contribution in [-0.2, 0) is 5.75 Å². The molecule has 1 heterocycles. The fourth-order valence-electron chi connectivity index (χ4n) is 1.58. The first-order valence-corrected chi connectivity index (χ1v) is 7.29. The smallest absolute Gasteiger partial charge is 0.103 e. The Morgan fingerprint density at radius 3 is 2.65 bits per heavy atom. The predicted octanol–water partition coefficient (Wildman–Crippen LogP) is 3.80. The zero-order valence-electron chi connectivity index (χ0n) is 9.88. The molecule has 0 saturated carbocycles. The van der Waals surface area contributed by atoms with Crippen LogP contribution in [0.15, 0.2) is 35.2 Å². The Balaban J connectivity index is 2.02. The van der Waals surface area contributed by atoms with Gasteiger partial charge < -0.3 is 5.11 Å². The van der Waals surface area contributed by atoms with Gasteiger partial charge >= 0.3 is 0 Å². The van der Waals surface area contributed by atoms with Gasteiger partial charge in [0.15, 0.2) is 0 Å². The topological polar surface area (TPSA) is 33.1 Å². The average molecular weight is 265 g/mol. The molecule has 0 amide bonds. The zero-order valence-corrected chi connectivity index (χ0v) is 11.5. The van der Waals surface area contributed by atoms with Crippen LogP contribution >= 0.6 is 23.1 Å². The van der Waals surface area contributed by atoms with Crippen LogP contribution in [-0.4, -0.2) is 10.1 Å². The monoisotopic (exact) mass is 265 g/mol. The van der Waals surface area contributed by atoms with E-state index in [9.17, 15) is 5.11 Å². The van der Waals surface area contributed by atoms with Crippen molar-refractivity contribution in [1.29, 1.82) is 0 Å². The van der Waals surface area contributed by atoms with E-state index in [0.717, 1.165) is 21.3 Å². The van der Waals surface area contributed by atoms with E-state index in [4.69, 9.17) is 0 Å². The van der Waals surface area contributed by atoms with Gasteiger partial charge in [-0.2, -0.15) is 0 Å². The number of thioether (sulfide) groups is 1. The normalized spacial score (nSPS) is 12.6. The molecular weight excluding hydrogens is 250 g/mol. The van der Waals surface area contributed by atoms with Gasteiger partial charge in [0, 0.05) is 4.90 Å². The summed E-state index contributed by atoms with van der Waals surface area (Å²) in [5.74, 6) is 0.863. The zero-order chi connectivity index (χ0) is 12.3. The number of aliphatic hydroxyl groups is 1. The van der Waals surface area contributed by atoms with Crippen molar-refractivity contribution < 1.29 is 5.11 Å². The standard InChI is InChI=1S/C13H15NOS2/c1-9-13(10(2)15)17-12(14-9)8-16-11-6-4-3-5-7-11/h3-7,10,15H,8H2,1-2H3. The van der Waals surface area contributed by atoms with E-state index in [1.54, 1.807) is 30.0 Å². The van der Waals surface area contributed by atoms with E-state index in [1.165, 1.54) is 4.90 Å². The maximum atomic E-state index is 9.57. The number of rotatable bonds is 4. The van der Waals surface area contributed by atoms with Crippen molar-refractivity contribution in [2.24, 2.45) is 0 Å². The van der Waals surface area contributed by atoms with Crippen LogP contribution in [0.2, 0.25) is 0 Å². The Morgan fingerprint density at radius 2 is 2.06 bits per heavy atom. The van der Waals surface area contributed by atoms with Crippen molar-refractivity contribution in [2.45, 2.75) is 30.6 Å². The maximum Gasteiger partial charge on any atom is 0.103 e. The fourth-order valence-corrected chi connectivity index (χ4v) is 3.49. The molecule has 1 N–H and O–H groups in total. The lowest BCUT2D eigenvalue weighted by Crippen LogP contribution is -1.88. The molecule has 1 atom stereocenters. The van der Waals surface area contributed by atoms with Crippen LogP contribution in [0.1, 0.15) is 28.6 Å². The highest BCUT2D eigenvalue weighted by Gasteiger charge is 2.11. The molecule has 2 aromatic rings. The summed E-state index contributed by atoms with van der Waals surface area (Å²) in [5.41, 5.74) is 0.952. The van der Waals surface area contributed by atoms with E-state index < -0.39 is 6.10 Å². The van der Waals surface area contributed by atoms with Crippen molar-refractivity contribution in [3.05, 3.63) is 45.9 Å². The molecule has 0 aliphatic rings. The summed E-state index contributed by atoms with van der Waals surface area (Å²) < 4.78 is 0. The number of aryl methyl sites for hydroxylation is 1. The predicted molar refractivity (Wildman–Crippen MR) is 73.5 cm³/mol. The Bertz CT molecular complexity index is 479. The van der Waals surface area contributed by atoms with Gasteiger partial charge in [0.25, 0.3) is 0 Å². The van der Waals surface area contributed by atoms with Crippen molar-refractivity contribution in [1.82, 2.24) is 4.98 Å². The van der Waals surface area contributed by atoms with E-state index in [1.807, 2.05) is 25.1 Å². The lowest BCUT2D eigenvalue weighted by atomic mass is 10.3.